The number of nitrogens with zero attached hydrogens (tertiary/aromatic N) is 3. The fourth-order valence-corrected chi connectivity index (χ4v) is 3.84. The number of aryl methyl sites for hydroxylation is 2. The van der Waals surface area contributed by atoms with Gasteiger partial charge in [-0.3, -0.25) is 4.68 Å². The van der Waals surface area contributed by atoms with E-state index in [-0.39, 0.29) is 29.4 Å². The topological polar surface area (TPSA) is 54.2 Å². The second-order valence-corrected chi connectivity index (χ2v) is 7.40. The van der Waals surface area contributed by atoms with Crippen molar-refractivity contribution in [1.29, 1.82) is 0 Å². The van der Waals surface area contributed by atoms with E-state index in [1.54, 1.807) is 0 Å². The number of benzene rings is 1. The number of halogens is 1. The molecule has 5 nitrogen and oxygen atoms in total. The number of nitrogens with one attached hydrogen (secondary N) is 2. The average molecular weight is 495 g/mol. The summed E-state index contributed by atoms with van der Waals surface area (Å²) in [6, 6.07) is 10.8. The summed E-state index contributed by atoms with van der Waals surface area (Å²) >= 11 is 0. The van der Waals surface area contributed by atoms with E-state index in [2.05, 4.69) is 66.8 Å². The normalized spacial score (nSPS) is 15.1. The van der Waals surface area contributed by atoms with Crippen molar-refractivity contribution < 1.29 is 0 Å². The molecule has 0 amide bonds. The van der Waals surface area contributed by atoms with E-state index >= 15 is 0 Å². The minimum absolute atomic E-state index is 0. The molecule has 1 heterocycles. The minimum atomic E-state index is 0. The lowest BCUT2D eigenvalue weighted by atomic mass is 9.96. The zero-order valence-electron chi connectivity index (χ0n) is 17.6. The molecule has 2 aromatic rings. The van der Waals surface area contributed by atoms with E-state index in [9.17, 15) is 0 Å². The third kappa shape index (κ3) is 5.07. The fraction of sp³-hybridized carbons (Fsp3) is 0.545. The van der Waals surface area contributed by atoms with Crippen LogP contribution in [-0.4, -0.2) is 28.8 Å². The van der Waals surface area contributed by atoms with Crippen LogP contribution in [0.3, 0.4) is 0 Å². The van der Waals surface area contributed by atoms with E-state index in [1.807, 2.05) is 11.7 Å². The summed E-state index contributed by atoms with van der Waals surface area (Å²) in [5.41, 5.74) is 5.44. The highest BCUT2D eigenvalue weighted by Crippen LogP contribution is 2.47. The van der Waals surface area contributed by atoms with Gasteiger partial charge in [-0.05, 0) is 38.2 Å². The van der Waals surface area contributed by atoms with E-state index in [4.69, 9.17) is 4.99 Å². The van der Waals surface area contributed by atoms with Crippen molar-refractivity contribution in [3.05, 3.63) is 52.8 Å². The number of aromatic nitrogens is 2. The molecule has 0 atom stereocenters. The number of hydrogen-bond donors (Lipinski definition) is 2. The zero-order chi connectivity index (χ0) is 19.3. The van der Waals surface area contributed by atoms with Crippen molar-refractivity contribution in [3.63, 3.8) is 0 Å². The smallest absolute Gasteiger partial charge is 0.191 e. The van der Waals surface area contributed by atoms with Crippen LogP contribution >= 0.6 is 24.0 Å². The van der Waals surface area contributed by atoms with Gasteiger partial charge in [-0.15, -0.1) is 24.0 Å². The first kappa shape index (κ1) is 22.7. The predicted octanol–water partition coefficient (Wildman–Crippen LogP) is 3.95. The molecule has 1 aromatic heterocycles. The molecular weight excluding hydrogens is 461 g/mol. The van der Waals surface area contributed by atoms with Gasteiger partial charge >= 0.3 is 0 Å². The largest absolute Gasteiger partial charge is 0.357 e. The molecule has 1 aliphatic rings. The number of hydrogen-bond acceptors (Lipinski definition) is 2. The van der Waals surface area contributed by atoms with Crippen LogP contribution in [0, 0.1) is 0 Å². The highest BCUT2D eigenvalue weighted by Gasteiger charge is 2.44. The average Bonchev–Trinajstić information content (AvgIpc) is 3.42. The second kappa shape index (κ2) is 10.3. The maximum Gasteiger partial charge on any atom is 0.191 e. The third-order valence-electron chi connectivity index (χ3n) is 5.60. The molecule has 28 heavy (non-hydrogen) atoms. The molecule has 0 saturated heterocycles. The lowest BCUT2D eigenvalue weighted by Crippen LogP contribution is -2.41. The number of guanidine groups is 1. The van der Waals surface area contributed by atoms with Gasteiger partial charge in [-0.2, -0.15) is 5.10 Å². The maximum absolute atomic E-state index is 4.88. The van der Waals surface area contributed by atoms with Gasteiger partial charge in [0, 0.05) is 36.8 Å². The summed E-state index contributed by atoms with van der Waals surface area (Å²) in [5, 5.41) is 11.6. The van der Waals surface area contributed by atoms with Crippen molar-refractivity contribution in [1.82, 2.24) is 20.4 Å². The Hall–Kier alpha value is -1.57. The molecule has 0 bridgehead atoms. The van der Waals surface area contributed by atoms with E-state index in [1.165, 1.54) is 29.7 Å². The summed E-state index contributed by atoms with van der Waals surface area (Å²) in [5.74, 6) is 0.896. The van der Waals surface area contributed by atoms with Gasteiger partial charge in [-0.25, -0.2) is 4.99 Å². The summed E-state index contributed by atoms with van der Waals surface area (Å²) in [7, 11) is 2.03. The second-order valence-electron chi connectivity index (χ2n) is 7.40. The van der Waals surface area contributed by atoms with Gasteiger partial charge < -0.3 is 10.6 Å². The molecule has 1 saturated carbocycles. The van der Waals surface area contributed by atoms with Crippen LogP contribution in [0.25, 0.3) is 0 Å². The molecule has 0 spiro atoms. The molecule has 0 radical (unpaired) electrons. The van der Waals surface area contributed by atoms with E-state index in [0.29, 0.717) is 6.54 Å². The first-order chi connectivity index (χ1) is 13.1. The molecule has 3 rings (SSSR count). The molecule has 0 unspecified atom stereocenters. The molecular formula is C22H34IN5. The van der Waals surface area contributed by atoms with Gasteiger partial charge in [0.05, 0.1) is 12.2 Å². The van der Waals surface area contributed by atoms with Crippen LogP contribution < -0.4 is 10.6 Å². The van der Waals surface area contributed by atoms with Gasteiger partial charge in [0.2, 0.25) is 0 Å². The Labute approximate surface area is 186 Å². The van der Waals surface area contributed by atoms with Crippen LogP contribution in [-0.2, 0) is 31.8 Å². The summed E-state index contributed by atoms with van der Waals surface area (Å²) in [4.78, 5) is 4.88. The zero-order valence-corrected chi connectivity index (χ0v) is 19.9. The third-order valence-corrected chi connectivity index (χ3v) is 5.60. The van der Waals surface area contributed by atoms with Crippen LogP contribution in [0.4, 0.5) is 0 Å². The maximum atomic E-state index is 4.88. The molecule has 1 fully saturated rings. The SMILES string of the molecule is CCNC(=NCc1c(CC)nn(C)c1CC)NCC1(c2ccccc2)CC1.I. The predicted molar refractivity (Wildman–Crippen MR) is 128 cm³/mol. The van der Waals surface area contributed by atoms with Gasteiger partial charge in [0.1, 0.15) is 0 Å². The Bertz CT molecular complexity index is 778. The van der Waals surface area contributed by atoms with Crippen LogP contribution in [0.1, 0.15) is 56.1 Å². The van der Waals surface area contributed by atoms with Crippen LogP contribution in [0.5, 0.6) is 0 Å². The lowest BCUT2D eigenvalue weighted by molar-refractivity contribution is 0.645. The number of aliphatic imine (C=N–C) groups is 1. The Morgan fingerprint density at radius 2 is 1.82 bits per heavy atom. The van der Waals surface area contributed by atoms with Crippen molar-refractivity contribution in [2.45, 2.75) is 58.4 Å². The van der Waals surface area contributed by atoms with Gasteiger partial charge in [-0.1, -0.05) is 44.2 Å². The van der Waals surface area contributed by atoms with Gasteiger partial charge in [0.25, 0.3) is 0 Å². The quantitative estimate of drug-likeness (QED) is 0.331. The van der Waals surface area contributed by atoms with E-state index in [0.717, 1.165) is 37.6 Å². The minimum Gasteiger partial charge on any atom is -0.357 e. The highest BCUT2D eigenvalue weighted by molar-refractivity contribution is 14.0. The van der Waals surface area contributed by atoms with Crippen LogP contribution in [0.15, 0.2) is 35.3 Å². The lowest BCUT2D eigenvalue weighted by Gasteiger charge is -2.19. The standard InChI is InChI=1S/C22H33N5.HI/c1-5-19-18(20(6-2)27(4)26-19)15-24-21(23-7-3)25-16-22(13-14-22)17-11-9-8-10-12-17;/h8-12H,5-7,13-16H2,1-4H3,(H2,23,24,25);1H. The first-order valence-corrected chi connectivity index (χ1v) is 10.2. The molecule has 1 aliphatic carbocycles. The van der Waals surface area contributed by atoms with Crippen molar-refractivity contribution in [2.75, 3.05) is 13.1 Å². The molecule has 0 aliphatic heterocycles. The van der Waals surface area contributed by atoms with E-state index < -0.39 is 0 Å². The van der Waals surface area contributed by atoms with Crippen LogP contribution in [0.2, 0.25) is 0 Å². The highest BCUT2D eigenvalue weighted by atomic mass is 127. The van der Waals surface area contributed by atoms with Gasteiger partial charge in [0.15, 0.2) is 5.96 Å². The molecule has 1 aromatic carbocycles. The Kier molecular flexibility index (Phi) is 8.34. The number of rotatable bonds is 8. The van der Waals surface area contributed by atoms with Crippen molar-refractivity contribution in [3.8, 4) is 0 Å². The fourth-order valence-electron chi connectivity index (χ4n) is 3.84. The Morgan fingerprint density at radius 1 is 1.11 bits per heavy atom. The summed E-state index contributed by atoms with van der Waals surface area (Å²) in [6.07, 6.45) is 4.41. The van der Waals surface area contributed by atoms with Crippen molar-refractivity contribution in [2.24, 2.45) is 12.0 Å². The molecule has 6 heteroatoms. The summed E-state index contributed by atoms with van der Waals surface area (Å²) in [6.45, 7) is 8.92. The summed E-state index contributed by atoms with van der Waals surface area (Å²) < 4.78 is 2.01. The molecule has 154 valence electrons. The Morgan fingerprint density at radius 3 is 2.39 bits per heavy atom. The molecule has 2 N–H and O–H groups in total. The Balaban J connectivity index is 0.00000280. The first-order valence-electron chi connectivity index (χ1n) is 10.2. The van der Waals surface area contributed by atoms with Crippen molar-refractivity contribution >= 4 is 29.9 Å². The monoisotopic (exact) mass is 495 g/mol.